The number of rotatable bonds is 5. The second kappa shape index (κ2) is 7.51. The Balaban J connectivity index is 0. The van der Waals surface area contributed by atoms with E-state index in [9.17, 15) is 22.6 Å². The van der Waals surface area contributed by atoms with Gasteiger partial charge < -0.3 is 15.6 Å². The van der Waals surface area contributed by atoms with Gasteiger partial charge in [0.2, 0.25) is 11.8 Å². The molecule has 3 N–H and O–H groups in total. The van der Waals surface area contributed by atoms with Crippen LogP contribution in [0.5, 0.6) is 0 Å². The Hall–Kier alpha value is 0.200. The molecule has 0 rings (SSSR count). The SMILES string of the molecule is CC(=O)NCC(C(N)=O)C(S)S(=O)(=O)[O-].[Na+]. The summed E-state index contributed by atoms with van der Waals surface area (Å²) in [4.78, 5) is 21.3. The van der Waals surface area contributed by atoms with Crippen LogP contribution in [0.25, 0.3) is 0 Å². The smallest absolute Gasteiger partial charge is 0.747 e. The molecule has 0 aliphatic heterocycles. The van der Waals surface area contributed by atoms with Crippen molar-refractivity contribution in [2.24, 2.45) is 11.7 Å². The number of nitrogens with two attached hydrogens (primary N) is 1. The summed E-state index contributed by atoms with van der Waals surface area (Å²) in [7, 11) is -4.73. The molecule has 0 bridgehead atoms. The van der Waals surface area contributed by atoms with E-state index in [-0.39, 0.29) is 36.1 Å². The summed E-state index contributed by atoms with van der Waals surface area (Å²) in [5.74, 6) is -2.83. The van der Waals surface area contributed by atoms with E-state index in [1.807, 2.05) is 0 Å². The van der Waals surface area contributed by atoms with Crippen LogP contribution >= 0.6 is 12.6 Å². The normalized spacial score (nSPS) is 14.4. The molecule has 0 saturated heterocycles. The Morgan fingerprint density at radius 1 is 1.50 bits per heavy atom. The van der Waals surface area contributed by atoms with Crippen LogP contribution in [0.1, 0.15) is 6.92 Å². The Morgan fingerprint density at radius 3 is 2.19 bits per heavy atom. The minimum Gasteiger partial charge on any atom is -0.747 e. The average Bonchev–Trinajstić information content (AvgIpc) is 2.01. The fraction of sp³-hybridized carbons (Fsp3) is 0.667. The summed E-state index contributed by atoms with van der Waals surface area (Å²) in [5.41, 5.74) is 4.88. The van der Waals surface area contributed by atoms with Crippen LogP contribution in [0, 0.1) is 5.92 Å². The predicted octanol–water partition coefficient (Wildman–Crippen LogP) is -4.97. The van der Waals surface area contributed by atoms with E-state index >= 15 is 0 Å². The van der Waals surface area contributed by atoms with Crippen LogP contribution in [-0.4, -0.2) is 35.9 Å². The standard InChI is InChI=1S/C6H12N2O5S2.Na/c1-3(9)8-2-4(5(7)10)6(14)15(11,12)13;/h4,6,14H,2H2,1H3,(H2,7,10)(H,8,9)(H,11,12,13);/q;+1/p-1. The maximum absolute atomic E-state index is 10.8. The third kappa shape index (κ3) is 6.71. The van der Waals surface area contributed by atoms with Gasteiger partial charge in [0.25, 0.3) is 0 Å². The van der Waals surface area contributed by atoms with Gasteiger partial charge in [0.05, 0.1) is 5.92 Å². The molecular weight excluding hydrogens is 267 g/mol. The molecular formula is C6H11N2NaO5S2. The Morgan fingerprint density at radius 2 is 1.94 bits per heavy atom. The summed E-state index contributed by atoms with van der Waals surface area (Å²) in [6.07, 6.45) is 0. The Labute approximate surface area is 121 Å². The van der Waals surface area contributed by atoms with Gasteiger partial charge in [-0.3, -0.25) is 9.59 Å². The molecule has 7 nitrogen and oxygen atoms in total. The van der Waals surface area contributed by atoms with Crippen LogP contribution in [0.2, 0.25) is 0 Å². The van der Waals surface area contributed by atoms with Gasteiger partial charge in [0.15, 0.2) is 0 Å². The third-order valence-electron chi connectivity index (χ3n) is 1.58. The van der Waals surface area contributed by atoms with Crippen LogP contribution < -0.4 is 40.6 Å². The predicted molar refractivity (Wildman–Crippen MR) is 53.8 cm³/mol. The molecule has 0 heterocycles. The van der Waals surface area contributed by atoms with Crippen molar-refractivity contribution in [2.75, 3.05) is 6.54 Å². The van der Waals surface area contributed by atoms with E-state index in [0.717, 1.165) is 0 Å². The molecule has 0 aromatic rings. The molecule has 88 valence electrons. The van der Waals surface area contributed by atoms with Crippen molar-refractivity contribution in [1.29, 1.82) is 0 Å². The van der Waals surface area contributed by atoms with Gasteiger partial charge in [-0.2, -0.15) is 12.6 Å². The monoisotopic (exact) mass is 278 g/mol. The first-order valence-electron chi connectivity index (χ1n) is 3.82. The van der Waals surface area contributed by atoms with Crippen molar-refractivity contribution in [3.05, 3.63) is 0 Å². The number of amides is 2. The first kappa shape index (κ1) is 18.6. The van der Waals surface area contributed by atoms with Gasteiger partial charge in [0, 0.05) is 13.5 Å². The van der Waals surface area contributed by atoms with Gasteiger partial charge >= 0.3 is 29.6 Å². The first-order chi connectivity index (χ1) is 6.66. The maximum atomic E-state index is 10.8. The zero-order valence-corrected chi connectivity index (χ0v) is 12.5. The number of primary amides is 1. The number of carbonyl (C=O) groups excluding carboxylic acids is 2. The van der Waals surface area contributed by atoms with E-state index < -0.39 is 32.4 Å². The average molecular weight is 278 g/mol. The molecule has 0 aliphatic carbocycles. The number of carbonyl (C=O) groups is 2. The number of thiol groups is 1. The van der Waals surface area contributed by atoms with Crippen molar-refractivity contribution < 1.29 is 52.1 Å². The van der Waals surface area contributed by atoms with Crippen LogP contribution in [0.4, 0.5) is 0 Å². The van der Waals surface area contributed by atoms with Gasteiger partial charge in [-0.25, -0.2) is 8.42 Å². The van der Waals surface area contributed by atoms with Gasteiger partial charge in [0.1, 0.15) is 14.7 Å². The molecule has 16 heavy (non-hydrogen) atoms. The molecule has 0 fully saturated rings. The van der Waals surface area contributed by atoms with Crippen molar-refractivity contribution in [1.82, 2.24) is 5.32 Å². The van der Waals surface area contributed by atoms with E-state index in [4.69, 9.17) is 5.73 Å². The molecule has 2 atom stereocenters. The number of nitrogens with one attached hydrogen (secondary N) is 1. The summed E-state index contributed by atoms with van der Waals surface area (Å²) in [6, 6.07) is 0. The molecule has 10 heteroatoms. The quantitative estimate of drug-likeness (QED) is 0.263. The van der Waals surface area contributed by atoms with Crippen LogP contribution in [0.3, 0.4) is 0 Å². The molecule has 0 aromatic carbocycles. The number of hydrogen-bond donors (Lipinski definition) is 3. The fourth-order valence-electron chi connectivity index (χ4n) is 0.797. The van der Waals surface area contributed by atoms with Crippen LogP contribution in [-0.2, 0) is 19.7 Å². The maximum Gasteiger partial charge on any atom is 1.00 e. The molecule has 2 unspecified atom stereocenters. The first-order valence-corrected chi connectivity index (χ1v) is 5.81. The van der Waals surface area contributed by atoms with Gasteiger partial charge in [-0.15, -0.1) is 0 Å². The van der Waals surface area contributed by atoms with Crippen molar-refractivity contribution >= 4 is 34.6 Å². The van der Waals surface area contributed by atoms with E-state index in [2.05, 4.69) is 17.9 Å². The van der Waals surface area contributed by atoms with Crippen molar-refractivity contribution in [3.63, 3.8) is 0 Å². The fourth-order valence-corrected chi connectivity index (χ4v) is 1.68. The van der Waals surface area contributed by atoms with Gasteiger partial charge in [-0.05, 0) is 0 Å². The van der Waals surface area contributed by atoms with Crippen molar-refractivity contribution in [3.8, 4) is 0 Å². The van der Waals surface area contributed by atoms with E-state index in [1.165, 1.54) is 6.92 Å². The second-order valence-electron chi connectivity index (χ2n) is 2.83. The minimum absolute atomic E-state index is 0. The molecule has 0 aliphatic rings. The van der Waals surface area contributed by atoms with Crippen molar-refractivity contribution in [2.45, 2.75) is 11.5 Å². The summed E-state index contributed by atoms with van der Waals surface area (Å²) < 4.78 is 29.9. The summed E-state index contributed by atoms with van der Waals surface area (Å²) >= 11 is 3.49. The zero-order chi connectivity index (χ0) is 12.2. The van der Waals surface area contributed by atoms with Gasteiger partial charge in [-0.1, -0.05) is 0 Å². The molecule has 2 amide bonds. The topological polar surface area (TPSA) is 129 Å². The van der Waals surface area contributed by atoms with E-state index in [1.54, 1.807) is 0 Å². The minimum atomic E-state index is -4.73. The summed E-state index contributed by atoms with van der Waals surface area (Å²) in [5, 5.41) is 2.19. The molecule has 0 aromatic heterocycles. The third-order valence-corrected chi connectivity index (χ3v) is 3.63. The molecule has 0 saturated carbocycles. The summed E-state index contributed by atoms with van der Waals surface area (Å²) in [6.45, 7) is 0.845. The molecule has 0 spiro atoms. The number of hydrogen-bond acceptors (Lipinski definition) is 6. The molecule has 0 radical (unpaired) electrons. The largest absolute Gasteiger partial charge is 1.00 e. The Kier molecular flexibility index (Phi) is 8.71. The van der Waals surface area contributed by atoms with Crippen LogP contribution in [0.15, 0.2) is 0 Å². The second-order valence-corrected chi connectivity index (χ2v) is 5.23. The zero-order valence-electron chi connectivity index (χ0n) is 8.84. The van der Waals surface area contributed by atoms with E-state index in [0.29, 0.717) is 0 Å². The Bertz CT molecular complexity index is 358.